The fraction of sp³-hybridized carbons (Fsp3) is 0.294. The van der Waals surface area contributed by atoms with Gasteiger partial charge in [0.15, 0.2) is 11.5 Å². The molecule has 2 aromatic carbocycles. The lowest BCUT2D eigenvalue weighted by molar-refractivity contribution is 0.173. The molecule has 0 spiro atoms. The van der Waals surface area contributed by atoms with E-state index in [4.69, 9.17) is 9.47 Å². The molecule has 0 saturated heterocycles. The highest BCUT2D eigenvalue weighted by Crippen LogP contribution is 2.30. The topological polar surface area (TPSA) is 38.7 Å². The predicted molar refractivity (Wildman–Crippen MR) is 79.3 cm³/mol. The van der Waals surface area contributed by atoms with Gasteiger partial charge < -0.3 is 14.6 Å². The second-order valence-electron chi connectivity index (χ2n) is 4.93. The molecule has 0 aliphatic rings. The molecule has 3 nitrogen and oxygen atoms in total. The van der Waals surface area contributed by atoms with Crippen molar-refractivity contribution in [2.75, 3.05) is 14.2 Å². The fourth-order valence-corrected chi connectivity index (χ4v) is 2.24. The number of aliphatic hydroxyl groups is 1. The van der Waals surface area contributed by atoms with Crippen LogP contribution in [-0.2, 0) is 6.42 Å². The van der Waals surface area contributed by atoms with Gasteiger partial charge in [-0.2, -0.15) is 0 Å². The normalized spacial score (nSPS) is 12.0. The van der Waals surface area contributed by atoms with Crippen molar-refractivity contribution in [2.24, 2.45) is 0 Å². The fourth-order valence-electron chi connectivity index (χ4n) is 2.24. The molecule has 1 atom stereocenters. The van der Waals surface area contributed by atoms with Crippen LogP contribution in [0, 0.1) is 12.7 Å². The second kappa shape index (κ2) is 6.59. The Kier molecular flexibility index (Phi) is 4.81. The van der Waals surface area contributed by atoms with Crippen molar-refractivity contribution in [2.45, 2.75) is 19.4 Å². The first-order valence-corrected chi connectivity index (χ1v) is 6.70. The van der Waals surface area contributed by atoms with Crippen molar-refractivity contribution in [3.8, 4) is 11.5 Å². The molecule has 0 fully saturated rings. The van der Waals surface area contributed by atoms with Crippen LogP contribution < -0.4 is 9.47 Å². The largest absolute Gasteiger partial charge is 0.493 e. The minimum Gasteiger partial charge on any atom is -0.493 e. The van der Waals surface area contributed by atoms with E-state index in [9.17, 15) is 9.50 Å². The van der Waals surface area contributed by atoms with E-state index in [1.807, 2.05) is 13.0 Å². The Morgan fingerprint density at radius 2 is 1.76 bits per heavy atom. The summed E-state index contributed by atoms with van der Waals surface area (Å²) < 4.78 is 24.3. The molecule has 0 amide bonds. The highest BCUT2D eigenvalue weighted by Gasteiger charge is 2.15. The van der Waals surface area contributed by atoms with Crippen LogP contribution in [0.4, 0.5) is 4.39 Å². The van der Waals surface area contributed by atoms with E-state index in [2.05, 4.69) is 0 Å². The molecule has 0 aliphatic carbocycles. The Labute approximate surface area is 124 Å². The van der Waals surface area contributed by atoms with Gasteiger partial charge in [0, 0.05) is 12.0 Å². The summed E-state index contributed by atoms with van der Waals surface area (Å²) in [6, 6.07) is 10.2. The van der Waals surface area contributed by atoms with E-state index in [1.165, 1.54) is 6.07 Å². The van der Waals surface area contributed by atoms with Crippen LogP contribution >= 0.6 is 0 Å². The number of aliphatic hydroxyl groups excluding tert-OH is 1. The molecule has 1 unspecified atom stereocenters. The van der Waals surface area contributed by atoms with Crippen molar-refractivity contribution in [1.29, 1.82) is 0 Å². The number of hydrogen-bond donors (Lipinski definition) is 1. The molecule has 21 heavy (non-hydrogen) atoms. The van der Waals surface area contributed by atoms with E-state index >= 15 is 0 Å². The van der Waals surface area contributed by atoms with Gasteiger partial charge in [0.2, 0.25) is 0 Å². The maximum Gasteiger partial charge on any atom is 0.160 e. The highest BCUT2D eigenvalue weighted by molar-refractivity contribution is 5.43. The molecular weight excluding hydrogens is 271 g/mol. The Morgan fingerprint density at radius 3 is 2.38 bits per heavy atom. The molecule has 1 N–H and O–H groups in total. The van der Waals surface area contributed by atoms with Crippen molar-refractivity contribution in [3.63, 3.8) is 0 Å². The molecule has 0 heterocycles. The smallest absolute Gasteiger partial charge is 0.160 e. The summed E-state index contributed by atoms with van der Waals surface area (Å²) in [4.78, 5) is 0. The molecule has 0 saturated carbocycles. The average molecular weight is 290 g/mol. The van der Waals surface area contributed by atoms with E-state index < -0.39 is 6.10 Å². The van der Waals surface area contributed by atoms with E-state index in [1.54, 1.807) is 38.5 Å². The van der Waals surface area contributed by atoms with Crippen molar-refractivity contribution < 1.29 is 19.0 Å². The number of methoxy groups -OCH3 is 2. The van der Waals surface area contributed by atoms with Crippen molar-refractivity contribution >= 4 is 0 Å². The van der Waals surface area contributed by atoms with Crippen molar-refractivity contribution in [3.05, 3.63) is 58.9 Å². The standard InChI is InChI=1S/C17H19FO3/c1-11-4-6-13(14(18)8-11)15(19)9-12-5-7-16(20-2)17(10-12)21-3/h4-8,10,15,19H,9H2,1-3H3. The first kappa shape index (κ1) is 15.3. The predicted octanol–water partition coefficient (Wildman–Crippen LogP) is 3.43. The molecule has 0 aromatic heterocycles. The summed E-state index contributed by atoms with van der Waals surface area (Å²) in [5.41, 5.74) is 1.98. The highest BCUT2D eigenvalue weighted by atomic mass is 19.1. The Bertz CT molecular complexity index is 625. The lowest BCUT2D eigenvalue weighted by atomic mass is 9.99. The zero-order valence-electron chi connectivity index (χ0n) is 12.4. The lowest BCUT2D eigenvalue weighted by Gasteiger charge is -2.14. The van der Waals surface area contributed by atoms with Gasteiger partial charge in [0.25, 0.3) is 0 Å². The summed E-state index contributed by atoms with van der Waals surface area (Å²) in [7, 11) is 3.12. The summed E-state index contributed by atoms with van der Waals surface area (Å²) in [6.45, 7) is 1.81. The third-order valence-electron chi connectivity index (χ3n) is 3.39. The van der Waals surface area contributed by atoms with Crippen LogP contribution in [0.25, 0.3) is 0 Å². The third-order valence-corrected chi connectivity index (χ3v) is 3.39. The quantitative estimate of drug-likeness (QED) is 0.917. The average Bonchev–Trinajstić information content (AvgIpc) is 2.46. The first-order chi connectivity index (χ1) is 10.0. The molecule has 2 aromatic rings. The monoisotopic (exact) mass is 290 g/mol. The number of rotatable bonds is 5. The number of hydrogen-bond acceptors (Lipinski definition) is 3. The molecular formula is C17H19FO3. The van der Waals surface area contributed by atoms with Gasteiger partial charge in [-0.25, -0.2) is 4.39 Å². The van der Waals surface area contributed by atoms with Gasteiger partial charge in [-0.3, -0.25) is 0 Å². The lowest BCUT2D eigenvalue weighted by Crippen LogP contribution is -2.05. The summed E-state index contributed by atoms with van der Waals surface area (Å²) in [5.74, 6) is 0.826. The number of benzene rings is 2. The van der Waals surface area contributed by atoms with E-state index in [0.717, 1.165) is 11.1 Å². The Hall–Kier alpha value is -2.07. The molecule has 4 heteroatoms. The zero-order valence-corrected chi connectivity index (χ0v) is 12.4. The SMILES string of the molecule is COc1ccc(CC(O)c2ccc(C)cc2F)cc1OC. The Balaban J connectivity index is 2.21. The molecule has 2 rings (SSSR count). The molecule has 112 valence electrons. The van der Waals surface area contributed by atoms with Gasteiger partial charge in [0.1, 0.15) is 5.82 Å². The van der Waals surface area contributed by atoms with Crippen LogP contribution in [0.2, 0.25) is 0 Å². The third kappa shape index (κ3) is 3.52. The maximum absolute atomic E-state index is 13.9. The number of aryl methyl sites for hydroxylation is 1. The minimum atomic E-state index is -0.899. The zero-order chi connectivity index (χ0) is 15.4. The van der Waals surface area contributed by atoms with Crippen LogP contribution in [0.3, 0.4) is 0 Å². The summed E-state index contributed by atoms with van der Waals surface area (Å²) in [6.07, 6.45) is -0.593. The van der Waals surface area contributed by atoms with Crippen LogP contribution in [0.5, 0.6) is 11.5 Å². The number of ether oxygens (including phenoxy) is 2. The van der Waals surface area contributed by atoms with Gasteiger partial charge in [-0.05, 0) is 36.2 Å². The second-order valence-corrected chi connectivity index (χ2v) is 4.93. The minimum absolute atomic E-state index is 0.301. The van der Waals surface area contributed by atoms with Gasteiger partial charge in [-0.15, -0.1) is 0 Å². The molecule has 0 radical (unpaired) electrons. The number of halogens is 1. The maximum atomic E-state index is 13.9. The van der Waals surface area contributed by atoms with E-state index in [-0.39, 0.29) is 5.82 Å². The van der Waals surface area contributed by atoms with Crippen LogP contribution in [-0.4, -0.2) is 19.3 Å². The van der Waals surface area contributed by atoms with E-state index in [0.29, 0.717) is 23.5 Å². The van der Waals surface area contributed by atoms with Gasteiger partial charge in [-0.1, -0.05) is 18.2 Å². The molecule has 0 aliphatic heterocycles. The van der Waals surface area contributed by atoms with Gasteiger partial charge in [0.05, 0.1) is 20.3 Å². The van der Waals surface area contributed by atoms with Crippen LogP contribution in [0.1, 0.15) is 22.8 Å². The molecule has 0 bridgehead atoms. The Morgan fingerprint density at radius 1 is 1.05 bits per heavy atom. The van der Waals surface area contributed by atoms with Crippen LogP contribution in [0.15, 0.2) is 36.4 Å². The van der Waals surface area contributed by atoms with Crippen molar-refractivity contribution in [1.82, 2.24) is 0 Å². The first-order valence-electron chi connectivity index (χ1n) is 6.70. The summed E-state index contributed by atoms with van der Waals surface area (Å²) in [5, 5.41) is 10.2. The van der Waals surface area contributed by atoms with Gasteiger partial charge >= 0.3 is 0 Å². The summed E-state index contributed by atoms with van der Waals surface area (Å²) >= 11 is 0.